The fraction of sp³-hybridized carbons (Fsp3) is 0.414. The van der Waals surface area contributed by atoms with Crippen LogP contribution in [0.3, 0.4) is 0 Å². The van der Waals surface area contributed by atoms with Gasteiger partial charge in [-0.25, -0.2) is 9.97 Å². The molecule has 0 saturated carbocycles. The van der Waals surface area contributed by atoms with E-state index >= 15 is 0 Å². The second-order valence-corrected chi connectivity index (χ2v) is 23.6. The molecule has 6 aromatic rings. The number of fused-ring (bicyclic) bond motifs is 14. The van der Waals surface area contributed by atoms with Gasteiger partial charge in [-0.2, -0.15) is 0 Å². The maximum Gasteiger partial charge on any atom is 0.172 e. The van der Waals surface area contributed by atoms with E-state index in [2.05, 4.69) is 141 Å². The van der Waals surface area contributed by atoms with Crippen LogP contribution in [0.5, 0.6) is 34.5 Å². The Hall–Kier alpha value is -6.02. The molecular weight excluding hydrogens is 817 g/mol. The monoisotopic (exact) mass is 876 g/mol. The fourth-order valence-electron chi connectivity index (χ4n) is 14.6. The Labute approximate surface area is 388 Å². The number of hydrogen-bond acceptors (Lipinski definition) is 8. The molecule has 0 radical (unpaired) electrons. The lowest BCUT2D eigenvalue weighted by molar-refractivity contribution is 0.347. The van der Waals surface area contributed by atoms with Gasteiger partial charge in [-0.1, -0.05) is 78.7 Å². The van der Waals surface area contributed by atoms with Crippen LogP contribution >= 0.6 is 0 Å². The summed E-state index contributed by atoms with van der Waals surface area (Å²) in [6.45, 7) is 23.6. The molecular formula is C58H60N4O4. The van der Waals surface area contributed by atoms with Crippen LogP contribution in [-0.4, -0.2) is 36.3 Å². The van der Waals surface area contributed by atoms with Gasteiger partial charge >= 0.3 is 0 Å². The first-order chi connectivity index (χ1) is 31.2. The predicted molar refractivity (Wildman–Crippen MR) is 264 cm³/mol. The van der Waals surface area contributed by atoms with Crippen LogP contribution in [0.2, 0.25) is 0 Å². The number of ether oxygens (including phenoxy) is 4. The van der Waals surface area contributed by atoms with Crippen LogP contribution in [0.4, 0.5) is 11.4 Å². The number of allylic oxidation sites excluding steroid dienone is 2. The number of nitrogens with zero attached hydrogens (tertiary/aromatic N) is 2. The number of anilines is 2. The molecule has 0 saturated heterocycles. The van der Waals surface area contributed by atoms with Crippen molar-refractivity contribution in [2.75, 3.05) is 24.9 Å². The molecule has 5 aliphatic carbocycles. The van der Waals surface area contributed by atoms with Gasteiger partial charge in [0.25, 0.3) is 0 Å². The van der Waals surface area contributed by atoms with Gasteiger partial charge in [-0.15, -0.1) is 0 Å². The Balaban J connectivity index is 0.900. The quantitative estimate of drug-likeness (QED) is 0.166. The molecule has 4 unspecified atom stereocenters. The Morgan fingerprint density at radius 1 is 0.439 bits per heavy atom. The van der Waals surface area contributed by atoms with Gasteiger partial charge in [-0.05, 0) is 154 Å². The molecule has 2 N–H and O–H groups in total. The van der Waals surface area contributed by atoms with E-state index in [0.29, 0.717) is 11.5 Å². The molecule has 8 nitrogen and oxygen atoms in total. The molecule has 0 fully saturated rings. The van der Waals surface area contributed by atoms with E-state index in [-0.39, 0.29) is 44.6 Å². The van der Waals surface area contributed by atoms with Gasteiger partial charge in [0.1, 0.15) is 0 Å². The van der Waals surface area contributed by atoms with Crippen molar-refractivity contribution in [2.24, 2.45) is 0 Å². The highest BCUT2D eigenvalue weighted by Crippen LogP contribution is 2.67. The lowest BCUT2D eigenvalue weighted by Crippen LogP contribution is -2.42. The highest BCUT2D eigenvalue weighted by Gasteiger charge is 2.59. The molecule has 5 aromatic carbocycles. The van der Waals surface area contributed by atoms with E-state index in [0.717, 1.165) is 70.7 Å². The molecule has 2 spiro atoms. The summed E-state index contributed by atoms with van der Waals surface area (Å²) in [5.41, 5.74) is 18.7. The fourth-order valence-corrected chi connectivity index (χ4v) is 14.6. The Morgan fingerprint density at radius 3 is 1.24 bits per heavy atom. The molecule has 336 valence electrons. The minimum absolute atomic E-state index is 0.0145. The number of rotatable bonds is 2. The van der Waals surface area contributed by atoms with Gasteiger partial charge in [0.05, 0.1) is 59.7 Å². The number of hydrogen-bond donors (Lipinski definition) is 2. The van der Waals surface area contributed by atoms with Crippen molar-refractivity contribution in [1.29, 1.82) is 0 Å². The first-order valence-corrected chi connectivity index (χ1v) is 23.9. The van der Waals surface area contributed by atoms with Crippen molar-refractivity contribution < 1.29 is 18.9 Å². The van der Waals surface area contributed by atoms with Crippen LogP contribution in [0, 0.1) is 0 Å². The maximum absolute atomic E-state index is 6.89. The molecule has 0 bridgehead atoms. The van der Waals surface area contributed by atoms with Crippen LogP contribution in [0.15, 0.2) is 84.0 Å². The van der Waals surface area contributed by atoms with Crippen molar-refractivity contribution in [3.05, 3.63) is 128 Å². The number of nitrogens with one attached hydrogen (secondary N) is 2. The molecule has 7 aliphatic rings. The Bertz CT molecular complexity index is 3300. The summed E-state index contributed by atoms with van der Waals surface area (Å²) in [6, 6.07) is 23.1. The zero-order valence-electron chi connectivity index (χ0n) is 40.4. The first kappa shape index (κ1) is 40.3. The Morgan fingerprint density at radius 2 is 0.758 bits per heavy atom. The van der Waals surface area contributed by atoms with Crippen LogP contribution < -0.4 is 29.6 Å². The van der Waals surface area contributed by atoms with Gasteiger partial charge in [0, 0.05) is 23.0 Å². The molecule has 66 heavy (non-hydrogen) atoms. The lowest BCUT2D eigenvalue weighted by Gasteiger charge is -2.37. The first-order valence-electron chi connectivity index (χ1n) is 23.9. The molecule has 8 heteroatoms. The van der Waals surface area contributed by atoms with E-state index in [1.165, 1.54) is 67.0 Å². The van der Waals surface area contributed by atoms with Crippen molar-refractivity contribution in [3.8, 4) is 34.5 Å². The molecule has 1 aromatic heterocycles. The lowest BCUT2D eigenvalue weighted by atomic mass is 9.72. The summed E-state index contributed by atoms with van der Waals surface area (Å²) in [6.07, 6.45) is 8.77. The molecule has 4 atom stereocenters. The van der Waals surface area contributed by atoms with Crippen LogP contribution in [-0.2, 0) is 32.5 Å². The summed E-state index contributed by atoms with van der Waals surface area (Å²) >= 11 is 0. The third kappa shape index (κ3) is 5.22. The van der Waals surface area contributed by atoms with Gasteiger partial charge < -0.3 is 29.6 Å². The maximum atomic E-state index is 6.89. The van der Waals surface area contributed by atoms with E-state index in [1.807, 2.05) is 12.1 Å². The average molecular weight is 877 g/mol. The summed E-state index contributed by atoms with van der Waals surface area (Å²) in [4.78, 5) is 10.7. The van der Waals surface area contributed by atoms with Gasteiger partial charge in [0.2, 0.25) is 0 Å². The SMILES string of the molecule is COc1cc2c(cc1OC)C1(CC2(C)C)CC(C)(C)c2cc3c(cc21)Oc1cc2nc4cc5c(cc4nc2cc1O3)C(C)(C)CC51CC(C)(C)c2cc3c(cc21)NC1C=C(C)C(C)=CC1N3. The van der Waals surface area contributed by atoms with Gasteiger partial charge in [-0.3, -0.25) is 0 Å². The second-order valence-electron chi connectivity index (χ2n) is 23.6. The zero-order valence-corrected chi connectivity index (χ0v) is 40.4. The smallest absolute Gasteiger partial charge is 0.172 e. The van der Waals surface area contributed by atoms with Crippen molar-refractivity contribution in [3.63, 3.8) is 0 Å². The van der Waals surface area contributed by atoms with E-state index in [4.69, 9.17) is 28.9 Å². The molecule has 3 heterocycles. The summed E-state index contributed by atoms with van der Waals surface area (Å²) in [5, 5.41) is 7.86. The van der Waals surface area contributed by atoms with Crippen LogP contribution in [0.25, 0.3) is 22.1 Å². The molecule has 13 rings (SSSR count). The van der Waals surface area contributed by atoms with Crippen LogP contribution in [0.1, 0.15) is 139 Å². The van der Waals surface area contributed by atoms with E-state index in [1.54, 1.807) is 14.2 Å². The van der Waals surface area contributed by atoms with Crippen molar-refractivity contribution >= 4 is 33.4 Å². The third-order valence-electron chi connectivity index (χ3n) is 17.3. The normalized spacial score (nSPS) is 26.6. The number of benzene rings is 5. The van der Waals surface area contributed by atoms with E-state index < -0.39 is 0 Å². The zero-order chi connectivity index (χ0) is 45.8. The van der Waals surface area contributed by atoms with E-state index in [9.17, 15) is 0 Å². The third-order valence-corrected chi connectivity index (χ3v) is 17.3. The highest BCUT2D eigenvalue weighted by atomic mass is 16.6. The topological polar surface area (TPSA) is 86.8 Å². The van der Waals surface area contributed by atoms with Crippen molar-refractivity contribution in [1.82, 2.24) is 9.97 Å². The van der Waals surface area contributed by atoms with Gasteiger partial charge in [0.15, 0.2) is 34.5 Å². The minimum atomic E-state index is -0.219. The second kappa shape index (κ2) is 12.5. The number of aromatic nitrogens is 2. The largest absolute Gasteiger partial charge is 0.493 e. The minimum Gasteiger partial charge on any atom is -0.493 e. The summed E-state index contributed by atoms with van der Waals surface area (Å²) in [5.74, 6) is 4.31. The standard InChI is InChI=1S/C58H60N4O4/c1-29-13-39-40(14-30(29)2)60-43-17-35-31(15-41(43)59-39)53(3,4)25-57(35)26-54(5,6)32-16-42-44(18-36(32)57)62-46-24-52-51(23-45(46)61-42)65-49-20-34-38(22-50(49)66-52)58(28-56(34,9)10)27-55(7,8)33-19-47(63-11)48(64-12)21-37(33)58/h13-24,39-40,59-60H,25-28H2,1-12H3. The number of methoxy groups -OCH3 is 2. The average Bonchev–Trinajstić information content (AvgIpc) is 3.80. The Kier molecular flexibility index (Phi) is 7.62. The molecule has 0 amide bonds. The predicted octanol–water partition coefficient (Wildman–Crippen LogP) is 13.5. The summed E-state index contributed by atoms with van der Waals surface area (Å²) in [7, 11) is 3.44. The molecule has 2 aliphatic heterocycles. The highest BCUT2D eigenvalue weighted by molar-refractivity contribution is 5.90. The van der Waals surface area contributed by atoms with Crippen molar-refractivity contribution in [2.45, 2.75) is 139 Å². The summed E-state index contributed by atoms with van der Waals surface area (Å²) < 4.78 is 25.4.